The molecular weight excluding hydrogens is 222 g/mol. The highest BCUT2D eigenvalue weighted by atomic mass is 32.2. The van der Waals surface area contributed by atoms with E-state index in [9.17, 15) is 0 Å². The molecular formula is C10H21N5S. The largest absolute Gasteiger partial charge is 0.289 e. The predicted molar refractivity (Wildman–Crippen MR) is 71.1 cm³/mol. The van der Waals surface area contributed by atoms with Gasteiger partial charge in [0.2, 0.25) is 5.79 Å². The number of hydrazine groups is 1. The summed E-state index contributed by atoms with van der Waals surface area (Å²) in [6, 6.07) is 0. The highest BCUT2D eigenvalue weighted by Crippen LogP contribution is 2.27. The standard InChI is InChI=1S/C10H21N5S/c1-6-10(11)14-7(9(2,3)4)13-8(16-5)15(10)12/h6,11-12H2,1-5H3. The number of nitrogens with zero attached hydrogens (tertiary/aromatic N) is 3. The average Bonchev–Trinajstić information content (AvgIpc) is 2.20. The van der Waals surface area contributed by atoms with Gasteiger partial charge in [0.1, 0.15) is 5.84 Å². The molecule has 1 aliphatic rings. The highest BCUT2D eigenvalue weighted by molar-refractivity contribution is 8.13. The topological polar surface area (TPSA) is 80.0 Å². The third-order valence-electron chi connectivity index (χ3n) is 2.50. The van der Waals surface area contributed by atoms with Crippen molar-refractivity contribution in [3.63, 3.8) is 0 Å². The third kappa shape index (κ3) is 2.39. The van der Waals surface area contributed by atoms with Gasteiger partial charge in [-0.2, -0.15) is 0 Å². The number of rotatable bonds is 1. The van der Waals surface area contributed by atoms with Gasteiger partial charge >= 0.3 is 0 Å². The van der Waals surface area contributed by atoms with E-state index in [1.807, 2.05) is 13.2 Å². The van der Waals surface area contributed by atoms with Gasteiger partial charge in [-0.15, -0.1) is 0 Å². The molecule has 0 aromatic heterocycles. The molecule has 0 bridgehead atoms. The van der Waals surface area contributed by atoms with Crippen molar-refractivity contribution in [3.8, 4) is 0 Å². The van der Waals surface area contributed by atoms with Gasteiger partial charge in [-0.1, -0.05) is 39.5 Å². The lowest BCUT2D eigenvalue weighted by atomic mass is 9.94. The van der Waals surface area contributed by atoms with Crippen LogP contribution < -0.4 is 11.6 Å². The zero-order chi connectivity index (χ0) is 12.6. The van der Waals surface area contributed by atoms with Gasteiger partial charge < -0.3 is 0 Å². The van der Waals surface area contributed by atoms with Crippen LogP contribution >= 0.6 is 11.8 Å². The Kier molecular flexibility index (Phi) is 3.66. The molecule has 0 saturated heterocycles. The summed E-state index contributed by atoms with van der Waals surface area (Å²) in [6.45, 7) is 8.16. The summed E-state index contributed by atoms with van der Waals surface area (Å²) < 4.78 is 0. The fraction of sp³-hybridized carbons (Fsp3) is 0.800. The second kappa shape index (κ2) is 4.35. The summed E-state index contributed by atoms with van der Waals surface area (Å²) in [5.74, 6) is 5.81. The first kappa shape index (κ1) is 13.5. The van der Waals surface area contributed by atoms with Crippen molar-refractivity contribution < 1.29 is 0 Å². The molecule has 0 aromatic carbocycles. The molecule has 5 nitrogen and oxygen atoms in total. The van der Waals surface area contributed by atoms with Crippen LogP contribution in [0.1, 0.15) is 34.1 Å². The molecule has 0 fully saturated rings. The lowest BCUT2D eigenvalue weighted by molar-refractivity contribution is 0.182. The Balaban J connectivity index is 3.21. The minimum Gasteiger partial charge on any atom is -0.289 e. The monoisotopic (exact) mass is 243 g/mol. The number of amidine groups is 2. The minimum atomic E-state index is -0.872. The molecule has 4 N–H and O–H groups in total. The Morgan fingerprint density at radius 2 is 2.00 bits per heavy atom. The summed E-state index contributed by atoms with van der Waals surface area (Å²) in [4.78, 5) is 8.92. The second-order valence-electron chi connectivity index (χ2n) is 4.89. The van der Waals surface area contributed by atoms with E-state index in [0.717, 1.165) is 5.84 Å². The van der Waals surface area contributed by atoms with Gasteiger partial charge in [0.25, 0.3) is 0 Å². The van der Waals surface area contributed by atoms with Gasteiger partial charge in [0.15, 0.2) is 5.17 Å². The zero-order valence-electron chi connectivity index (χ0n) is 10.6. The molecule has 1 aliphatic heterocycles. The maximum Gasteiger partial charge on any atom is 0.201 e. The lowest BCUT2D eigenvalue weighted by Crippen LogP contribution is -2.62. The Bertz CT molecular complexity index is 331. The van der Waals surface area contributed by atoms with E-state index in [4.69, 9.17) is 11.6 Å². The van der Waals surface area contributed by atoms with E-state index >= 15 is 0 Å². The van der Waals surface area contributed by atoms with Gasteiger partial charge in [0, 0.05) is 11.8 Å². The van der Waals surface area contributed by atoms with Crippen molar-refractivity contribution in [3.05, 3.63) is 0 Å². The Morgan fingerprint density at radius 1 is 1.44 bits per heavy atom. The molecule has 0 aliphatic carbocycles. The van der Waals surface area contributed by atoms with Crippen LogP contribution in [-0.2, 0) is 0 Å². The third-order valence-corrected chi connectivity index (χ3v) is 3.15. The molecule has 0 spiro atoms. The zero-order valence-corrected chi connectivity index (χ0v) is 11.4. The molecule has 1 atom stereocenters. The van der Waals surface area contributed by atoms with E-state index in [-0.39, 0.29) is 5.41 Å². The molecule has 0 radical (unpaired) electrons. The normalized spacial score (nSPS) is 26.6. The van der Waals surface area contributed by atoms with Gasteiger partial charge in [-0.3, -0.25) is 5.73 Å². The first-order valence-electron chi connectivity index (χ1n) is 5.31. The molecule has 1 unspecified atom stereocenters. The number of hydrogen-bond donors (Lipinski definition) is 2. The smallest absolute Gasteiger partial charge is 0.201 e. The number of thioether (sulfide) groups is 1. The van der Waals surface area contributed by atoms with E-state index in [1.165, 1.54) is 16.8 Å². The van der Waals surface area contributed by atoms with Crippen LogP contribution in [0.4, 0.5) is 0 Å². The Labute approximate surface area is 101 Å². The van der Waals surface area contributed by atoms with E-state index in [0.29, 0.717) is 11.6 Å². The van der Waals surface area contributed by atoms with E-state index < -0.39 is 5.79 Å². The van der Waals surface area contributed by atoms with Crippen LogP contribution in [0.25, 0.3) is 0 Å². The summed E-state index contributed by atoms with van der Waals surface area (Å²) in [5.41, 5.74) is 6.05. The maximum absolute atomic E-state index is 6.17. The van der Waals surface area contributed by atoms with E-state index in [2.05, 4.69) is 30.8 Å². The molecule has 92 valence electrons. The van der Waals surface area contributed by atoms with Crippen LogP contribution in [0.5, 0.6) is 0 Å². The summed E-state index contributed by atoms with van der Waals surface area (Å²) in [7, 11) is 0. The summed E-state index contributed by atoms with van der Waals surface area (Å²) >= 11 is 1.48. The second-order valence-corrected chi connectivity index (χ2v) is 5.66. The number of nitrogens with two attached hydrogens (primary N) is 2. The number of hydrogen-bond acceptors (Lipinski definition) is 6. The Hall–Kier alpha value is -0.590. The van der Waals surface area contributed by atoms with Gasteiger partial charge in [-0.05, 0) is 6.26 Å². The molecule has 0 aromatic rings. The molecule has 1 rings (SSSR count). The first-order valence-corrected chi connectivity index (χ1v) is 6.54. The van der Waals surface area contributed by atoms with Gasteiger partial charge in [0.05, 0.1) is 0 Å². The SMILES string of the molecule is CCC1(N)N=C(C(C)(C)C)N=C(SC)N1N. The molecule has 6 heteroatoms. The van der Waals surface area contributed by atoms with Crippen molar-refractivity contribution in [2.75, 3.05) is 6.26 Å². The van der Waals surface area contributed by atoms with Gasteiger partial charge in [-0.25, -0.2) is 20.8 Å². The molecule has 16 heavy (non-hydrogen) atoms. The fourth-order valence-electron chi connectivity index (χ4n) is 1.30. The highest BCUT2D eigenvalue weighted by Gasteiger charge is 2.37. The predicted octanol–water partition coefficient (Wildman–Crippen LogP) is 1.36. The Morgan fingerprint density at radius 3 is 2.38 bits per heavy atom. The van der Waals surface area contributed by atoms with Crippen molar-refractivity contribution >= 4 is 22.8 Å². The summed E-state index contributed by atoms with van der Waals surface area (Å²) in [6.07, 6.45) is 2.57. The quantitative estimate of drug-likeness (QED) is 0.681. The van der Waals surface area contributed by atoms with Crippen LogP contribution in [0.3, 0.4) is 0 Å². The fourth-order valence-corrected chi connectivity index (χ4v) is 1.83. The van der Waals surface area contributed by atoms with Crippen LogP contribution in [0.2, 0.25) is 0 Å². The van der Waals surface area contributed by atoms with Crippen LogP contribution in [-0.4, -0.2) is 28.1 Å². The molecule has 0 saturated carbocycles. The van der Waals surface area contributed by atoms with Crippen LogP contribution in [0, 0.1) is 5.41 Å². The van der Waals surface area contributed by atoms with Crippen molar-refractivity contribution in [2.45, 2.75) is 39.9 Å². The van der Waals surface area contributed by atoms with Crippen molar-refractivity contribution in [2.24, 2.45) is 27.0 Å². The maximum atomic E-state index is 6.17. The lowest BCUT2D eigenvalue weighted by Gasteiger charge is -2.39. The summed E-state index contributed by atoms with van der Waals surface area (Å²) in [5, 5.41) is 2.16. The molecule has 0 amide bonds. The van der Waals surface area contributed by atoms with Crippen molar-refractivity contribution in [1.82, 2.24) is 5.01 Å². The van der Waals surface area contributed by atoms with Crippen LogP contribution in [0.15, 0.2) is 9.98 Å². The van der Waals surface area contributed by atoms with Crippen molar-refractivity contribution in [1.29, 1.82) is 0 Å². The number of aliphatic imine (C=N–C) groups is 2. The molecule has 1 heterocycles. The minimum absolute atomic E-state index is 0.123. The first-order chi connectivity index (χ1) is 7.24. The van der Waals surface area contributed by atoms with E-state index in [1.54, 1.807) is 0 Å². The average molecular weight is 243 g/mol.